The number of nitrogens with zero attached hydrogens (tertiary/aromatic N) is 2. The smallest absolute Gasteiger partial charge is 0.309 e. The molecular formula is C13H14Br2N2O3. The predicted molar refractivity (Wildman–Crippen MR) is 80.1 cm³/mol. The molecular weight excluding hydrogens is 392 g/mol. The van der Waals surface area contributed by atoms with Gasteiger partial charge in [-0.05, 0) is 50.8 Å². The van der Waals surface area contributed by atoms with Crippen LogP contribution in [0.4, 0.5) is 0 Å². The topological polar surface area (TPSA) is 70.5 Å². The molecule has 1 amide bonds. The first-order valence-corrected chi connectivity index (χ1v) is 7.80. The van der Waals surface area contributed by atoms with Crippen molar-refractivity contribution in [1.82, 2.24) is 9.88 Å². The molecule has 0 spiro atoms. The molecule has 7 heteroatoms. The minimum atomic E-state index is -0.895. The minimum absolute atomic E-state index is 0.0460. The second kappa shape index (κ2) is 6.22. The van der Waals surface area contributed by atoms with Crippen molar-refractivity contribution >= 4 is 43.7 Å². The number of carbonyl (C=O) groups is 2. The van der Waals surface area contributed by atoms with E-state index in [1.165, 1.54) is 4.90 Å². The maximum atomic E-state index is 12.0. The summed E-state index contributed by atoms with van der Waals surface area (Å²) in [4.78, 5) is 29.4. The normalized spacial score (nSPS) is 23.6. The molecule has 108 valence electrons. The van der Waals surface area contributed by atoms with Crippen LogP contribution in [0.3, 0.4) is 0 Å². The van der Waals surface area contributed by atoms with Crippen LogP contribution in [0.1, 0.15) is 31.0 Å². The summed E-state index contributed by atoms with van der Waals surface area (Å²) in [6, 6.07) is 1.26. The van der Waals surface area contributed by atoms with Gasteiger partial charge in [0.2, 0.25) is 5.91 Å². The van der Waals surface area contributed by atoms with E-state index in [1.54, 1.807) is 13.2 Å². The van der Waals surface area contributed by atoms with Crippen LogP contribution < -0.4 is 0 Å². The number of aromatic nitrogens is 1. The summed E-state index contributed by atoms with van der Waals surface area (Å²) < 4.78 is 1.49. The monoisotopic (exact) mass is 404 g/mol. The summed E-state index contributed by atoms with van der Waals surface area (Å²) in [5, 5.41) is 9.45. The standard InChI is InChI=1S/C13H14Br2N2O3/c1-17-10(18)4-2-3-8(13(19)20)12(17)11-9(15)5-7(14)6-16-11/h5-6,8,12H,2-4H2,1H3,(H,19,20). The van der Waals surface area contributed by atoms with Gasteiger partial charge in [-0.25, -0.2) is 0 Å². The Morgan fingerprint density at radius 3 is 2.80 bits per heavy atom. The largest absolute Gasteiger partial charge is 0.481 e. The summed E-state index contributed by atoms with van der Waals surface area (Å²) >= 11 is 6.73. The molecule has 0 radical (unpaired) electrons. The SMILES string of the molecule is CN1C(=O)CCCC(C(=O)O)C1c1ncc(Br)cc1Br. The number of amides is 1. The van der Waals surface area contributed by atoms with Gasteiger partial charge in [0.1, 0.15) is 0 Å². The zero-order chi connectivity index (χ0) is 14.9. The van der Waals surface area contributed by atoms with Crippen molar-refractivity contribution in [2.75, 3.05) is 7.05 Å². The summed E-state index contributed by atoms with van der Waals surface area (Å²) in [6.07, 6.45) is 3.05. The van der Waals surface area contributed by atoms with Crippen LogP contribution in [0.25, 0.3) is 0 Å². The minimum Gasteiger partial charge on any atom is -0.481 e. The van der Waals surface area contributed by atoms with Gasteiger partial charge in [-0.1, -0.05) is 0 Å². The van der Waals surface area contributed by atoms with Gasteiger partial charge in [0.15, 0.2) is 0 Å². The van der Waals surface area contributed by atoms with Gasteiger partial charge in [0.25, 0.3) is 0 Å². The van der Waals surface area contributed by atoms with Crippen molar-refractivity contribution < 1.29 is 14.7 Å². The van der Waals surface area contributed by atoms with E-state index in [0.29, 0.717) is 29.4 Å². The molecule has 1 N–H and O–H groups in total. The fourth-order valence-corrected chi connectivity index (χ4v) is 3.73. The molecule has 2 atom stereocenters. The molecule has 1 fully saturated rings. The van der Waals surface area contributed by atoms with Crippen LogP contribution in [0.15, 0.2) is 21.2 Å². The van der Waals surface area contributed by atoms with Crippen LogP contribution in [0.5, 0.6) is 0 Å². The Bertz CT molecular complexity index is 550. The van der Waals surface area contributed by atoms with Crippen LogP contribution in [-0.2, 0) is 9.59 Å². The molecule has 1 saturated heterocycles. The summed E-state index contributed by atoms with van der Waals surface area (Å²) in [5.41, 5.74) is 0.582. The first-order chi connectivity index (χ1) is 9.41. The lowest BCUT2D eigenvalue weighted by molar-refractivity contribution is -0.145. The van der Waals surface area contributed by atoms with E-state index in [9.17, 15) is 14.7 Å². The fourth-order valence-electron chi connectivity index (χ4n) is 2.51. The molecule has 0 saturated carbocycles. The highest BCUT2D eigenvalue weighted by atomic mass is 79.9. The number of halogens is 2. The van der Waals surface area contributed by atoms with Crippen LogP contribution in [0, 0.1) is 5.92 Å². The maximum Gasteiger partial charge on any atom is 0.309 e. The Morgan fingerprint density at radius 2 is 2.20 bits per heavy atom. The molecule has 0 aliphatic carbocycles. The zero-order valence-electron chi connectivity index (χ0n) is 10.8. The lowest BCUT2D eigenvalue weighted by Gasteiger charge is -2.30. The number of hydrogen-bond acceptors (Lipinski definition) is 3. The van der Waals surface area contributed by atoms with Crippen LogP contribution >= 0.6 is 31.9 Å². The fraction of sp³-hybridized carbons (Fsp3) is 0.462. The number of pyridine rings is 1. The van der Waals surface area contributed by atoms with E-state index in [1.807, 2.05) is 6.07 Å². The average Bonchev–Trinajstić information content (AvgIpc) is 2.51. The quantitative estimate of drug-likeness (QED) is 0.820. The number of carboxylic acids is 1. The van der Waals surface area contributed by atoms with Crippen LogP contribution in [-0.4, -0.2) is 33.9 Å². The van der Waals surface area contributed by atoms with Gasteiger partial charge in [-0.2, -0.15) is 0 Å². The lowest BCUT2D eigenvalue weighted by atomic mass is 9.92. The Kier molecular flexibility index (Phi) is 4.80. The van der Waals surface area contributed by atoms with Gasteiger partial charge in [-0.15, -0.1) is 0 Å². The second-order valence-electron chi connectivity index (χ2n) is 4.81. The van der Waals surface area contributed by atoms with Gasteiger partial charge in [0.05, 0.1) is 17.7 Å². The summed E-state index contributed by atoms with van der Waals surface area (Å²) in [7, 11) is 1.64. The molecule has 2 unspecified atom stereocenters. The summed E-state index contributed by atoms with van der Waals surface area (Å²) in [6.45, 7) is 0. The van der Waals surface area contributed by atoms with Crippen molar-refractivity contribution in [3.05, 3.63) is 26.9 Å². The zero-order valence-corrected chi connectivity index (χ0v) is 14.0. The first kappa shape index (κ1) is 15.4. The molecule has 1 aromatic heterocycles. The van der Waals surface area contributed by atoms with Crippen molar-refractivity contribution in [3.63, 3.8) is 0 Å². The van der Waals surface area contributed by atoms with Gasteiger partial charge < -0.3 is 10.0 Å². The molecule has 1 aromatic rings. The molecule has 1 aliphatic heterocycles. The van der Waals surface area contributed by atoms with Crippen LogP contribution in [0.2, 0.25) is 0 Å². The molecule has 2 rings (SSSR count). The van der Waals surface area contributed by atoms with E-state index in [4.69, 9.17) is 0 Å². The molecule has 0 aromatic carbocycles. The average molecular weight is 406 g/mol. The number of carbonyl (C=O) groups excluding carboxylic acids is 1. The second-order valence-corrected chi connectivity index (χ2v) is 6.58. The third kappa shape index (κ3) is 3.03. The number of rotatable bonds is 2. The Morgan fingerprint density at radius 1 is 1.50 bits per heavy atom. The first-order valence-electron chi connectivity index (χ1n) is 6.21. The molecule has 2 heterocycles. The van der Waals surface area contributed by atoms with E-state index in [2.05, 4.69) is 36.8 Å². The number of likely N-dealkylation sites (tertiary alicyclic amines) is 1. The van der Waals surface area contributed by atoms with Gasteiger partial charge in [-0.3, -0.25) is 14.6 Å². The third-order valence-corrected chi connectivity index (χ3v) is 4.60. The molecule has 1 aliphatic rings. The lowest BCUT2D eigenvalue weighted by Crippen LogP contribution is -2.36. The van der Waals surface area contributed by atoms with Gasteiger partial charge in [0, 0.05) is 28.6 Å². The number of carboxylic acid groups (broad SMARTS) is 1. The Hall–Kier alpha value is -0.950. The number of hydrogen-bond donors (Lipinski definition) is 1. The Balaban J connectivity index is 2.50. The van der Waals surface area contributed by atoms with E-state index in [-0.39, 0.29) is 5.91 Å². The Labute approximate surface area is 133 Å². The maximum absolute atomic E-state index is 12.0. The highest BCUT2D eigenvalue weighted by Gasteiger charge is 2.38. The number of aliphatic carboxylic acids is 1. The van der Waals surface area contributed by atoms with E-state index < -0.39 is 17.9 Å². The van der Waals surface area contributed by atoms with Crippen molar-refractivity contribution in [1.29, 1.82) is 0 Å². The van der Waals surface area contributed by atoms with Crippen molar-refractivity contribution in [2.24, 2.45) is 5.92 Å². The predicted octanol–water partition coefficient (Wildman–Crippen LogP) is 2.99. The molecule has 5 nitrogen and oxygen atoms in total. The highest BCUT2D eigenvalue weighted by Crippen LogP contribution is 2.37. The van der Waals surface area contributed by atoms with E-state index in [0.717, 1.165) is 4.47 Å². The van der Waals surface area contributed by atoms with Crippen molar-refractivity contribution in [2.45, 2.75) is 25.3 Å². The van der Waals surface area contributed by atoms with Crippen molar-refractivity contribution in [3.8, 4) is 0 Å². The highest BCUT2D eigenvalue weighted by molar-refractivity contribution is 9.11. The summed E-state index contributed by atoms with van der Waals surface area (Å²) in [5.74, 6) is -1.58. The van der Waals surface area contributed by atoms with E-state index >= 15 is 0 Å². The third-order valence-electron chi connectivity index (χ3n) is 3.53. The molecule has 0 bridgehead atoms. The molecule has 20 heavy (non-hydrogen) atoms. The van der Waals surface area contributed by atoms with Gasteiger partial charge >= 0.3 is 5.97 Å².